The van der Waals surface area contributed by atoms with E-state index in [1.807, 2.05) is 0 Å². The number of hydrogen-bond acceptors (Lipinski definition) is 5. The van der Waals surface area contributed by atoms with Gasteiger partial charge in [0.15, 0.2) is 5.69 Å². The van der Waals surface area contributed by atoms with Gasteiger partial charge >= 0.3 is 5.97 Å². The molecule has 0 bridgehead atoms. The molecule has 0 fully saturated rings. The van der Waals surface area contributed by atoms with Gasteiger partial charge in [-0.25, -0.2) is 9.48 Å². The van der Waals surface area contributed by atoms with E-state index in [1.54, 1.807) is 30.5 Å². The molecule has 0 amide bonds. The molecule has 0 unspecified atom stereocenters. The number of hydrogen-bond donors (Lipinski definition) is 1. The summed E-state index contributed by atoms with van der Waals surface area (Å²) >= 11 is 0. The number of benzene rings is 1. The van der Waals surface area contributed by atoms with Crippen LogP contribution in [0, 0.1) is 10.1 Å². The molecular weight excluding hydrogens is 300 g/mol. The van der Waals surface area contributed by atoms with Gasteiger partial charge in [-0.2, -0.15) is 5.10 Å². The van der Waals surface area contributed by atoms with Gasteiger partial charge in [-0.1, -0.05) is 18.2 Å². The Morgan fingerprint density at radius 1 is 1.17 bits per heavy atom. The molecule has 2 heterocycles. The zero-order valence-electron chi connectivity index (χ0n) is 11.7. The molecule has 0 aliphatic heterocycles. The highest BCUT2D eigenvalue weighted by Crippen LogP contribution is 2.28. The number of aromatic nitrogens is 3. The number of para-hydroxylation sites is 2. The lowest BCUT2D eigenvalue weighted by Crippen LogP contribution is -2.05. The highest BCUT2D eigenvalue weighted by atomic mass is 16.6. The molecule has 0 radical (unpaired) electrons. The van der Waals surface area contributed by atoms with E-state index in [4.69, 9.17) is 5.11 Å². The van der Waals surface area contributed by atoms with Crippen LogP contribution in [0.15, 0.2) is 54.7 Å². The second-order valence-electron chi connectivity index (χ2n) is 4.59. The Kier molecular flexibility index (Phi) is 3.55. The predicted molar refractivity (Wildman–Crippen MR) is 80.4 cm³/mol. The average molecular weight is 310 g/mol. The third kappa shape index (κ3) is 2.64. The van der Waals surface area contributed by atoms with Crippen molar-refractivity contribution in [2.24, 2.45) is 0 Å². The number of nitrogens with zero attached hydrogens (tertiary/aromatic N) is 4. The largest absolute Gasteiger partial charge is 0.476 e. The monoisotopic (exact) mass is 310 g/mol. The number of rotatable bonds is 4. The van der Waals surface area contributed by atoms with Crippen LogP contribution in [0.2, 0.25) is 0 Å². The first kappa shape index (κ1) is 14.4. The van der Waals surface area contributed by atoms with Crippen molar-refractivity contribution in [1.82, 2.24) is 14.8 Å². The van der Waals surface area contributed by atoms with E-state index in [1.165, 1.54) is 28.9 Å². The fourth-order valence-electron chi connectivity index (χ4n) is 2.16. The molecule has 23 heavy (non-hydrogen) atoms. The van der Waals surface area contributed by atoms with Gasteiger partial charge < -0.3 is 5.11 Å². The second kappa shape index (κ2) is 5.68. The summed E-state index contributed by atoms with van der Waals surface area (Å²) in [7, 11) is 0. The summed E-state index contributed by atoms with van der Waals surface area (Å²) in [4.78, 5) is 26.1. The van der Waals surface area contributed by atoms with Gasteiger partial charge in [0, 0.05) is 18.3 Å². The molecule has 1 N–H and O–H groups in total. The lowest BCUT2D eigenvalue weighted by Gasteiger charge is -2.07. The van der Waals surface area contributed by atoms with Crippen molar-refractivity contribution in [3.63, 3.8) is 0 Å². The Balaban J connectivity index is 2.27. The summed E-state index contributed by atoms with van der Waals surface area (Å²) in [5.74, 6) is -1.22. The van der Waals surface area contributed by atoms with Crippen LogP contribution in [0.25, 0.3) is 17.1 Å². The van der Waals surface area contributed by atoms with Crippen molar-refractivity contribution in [1.29, 1.82) is 0 Å². The fourth-order valence-corrected chi connectivity index (χ4v) is 2.16. The van der Waals surface area contributed by atoms with Crippen molar-refractivity contribution < 1.29 is 14.8 Å². The van der Waals surface area contributed by atoms with Crippen LogP contribution in [0.3, 0.4) is 0 Å². The third-order valence-electron chi connectivity index (χ3n) is 3.16. The van der Waals surface area contributed by atoms with Crippen molar-refractivity contribution in [3.05, 3.63) is 70.5 Å². The van der Waals surface area contributed by atoms with Gasteiger partial charge in [-0.3, -0.25) is 15.1 Å². The topological polar surface area (TPSA) is 111 Å². The van der Waals surface area contributed by atoms with E-state index in [9.17, 15) is 14.9 Å². The Morgan fingerprint density at radius 2 is 1.91 bits per heavy atom. The molecule has 0 spiro atoms. The summed E-state index contributed by atoms with van der Waals surface area (Å²) in [5, 5.41) is 24.4. The lowest BCUT2D eigenvalue weighted by atomic mass is 10.2. The Bertz CT molecular complexity index is 890. The molecule has 0 saturated heterocycles. The molecule has 0 aliphatic rings. The Hall–Kier alpha value is -3.55. The Morgan fingerprint density at radius 3 is 2.57 bits per heavy atom. The van der Waals surface area contributed by atoms with Crippen LogP contribution < -0.4 is 0 Å². The maximum absolute atomic E-state index is 11.2. The van der Waals surface area contributed by atoms with Gasteiger partial charge in [-0.15, -0.1) is 0 Å². The zero-order chi connectivity index (χ0) is 16.4. The number of nitro groups is 1. The summed E-state index contributed by atoms with van der Waals surface area (Å²) in [6, 6.07) is 12.4. The van der Waals surface area contributed by atoms with Crippen LogP contribution in [0.1, 0.15) is 10.5 Å². The van der Waals surface area contributed by atoms with E-state index >= 15 is 0 Å². The molecule has 8 heteroatoms. The zero-order valence-corrected chi connectivity index (χ0v) is 11.7. The molecule has 0 aliphatic carbocycles. The molecular formula is C15H10N4O4. The number of pyridine rings is 1. The number of carboxylic acids is 1. The SMILES string of the molecule is O=C(O)c1cc(-c2ccccn2)n(-c2ccccc2[N+](=O)[O-])n1. The highest BCUT2D eigenvalue weighted by molar-refractivity contribution is 5.87. The van der Waals surface area contributed by atoms with E-state index < -0.39 is 10.9 Å². The standard InChI is InChI=1S/C15H10N4O4/c20-15(21)11-9-14(10-5-3-4-8-16-10)18(17-11)12-6-1-2-7-13(12)19(22)23/h1-9H,(H,20,21). The minimum Gasteiger partial charge on any atom is -0.476 e. The van der Waals surface area contributed by atoms with Crippen molar-refractivity contribution in [3.8, 4) is 17.1 Å². The summed E-state index contributed by atoms with van der Waals surface area (Å²) in [6.07, 6.45) is 1.55. The van der Waals surface area contributed by atoms with Crippen LogP contribution in [-0.2, 0) is 0 Å². The molecule has 0 atom stereocenters. The van der Waals surface area contributed by atoms with Gasteiger partial charge in [-0.05, 0) is 18.2 Å². The number of aromatic carboxylic acids is 1. The molecule has 114 valence electrons. The second-order valence-corrected chi connectivity index (χ2v) is 4.59. The number of carbonyl (C=O) groups is 1. The minimum atomic E-state index is -1.22. The molecule has 3 aromatic rings. The summed E-state index contributed by atoms with van der Waals surface area (Å²) < 4.78 is 1.23. The smallest absolute Gasteiger partial charge is 0.356 e. The first-order valence-electron chi connectivity index (χ1n) is 6.56. The normalized spacial score (nSPS) is 10.4. The summed E-state index contributed by atoms with van der Waals surface area (Å²) in [5.41, 5.74) is 0.599. The van der Waals surface area contributed by atoms with Gasteiger partial charge in [0.05, 0.1) is 16.3 Å². The third-order valence-corrected chi connectivity index (χ3v) is 3.16. The van der Waals surface area contributed by atoms with Crippen molar-refractivity contribution >= 4 is 11.7 Å². The lowest BCUT2D eigenvalue weighted by molar-refractivity contribution is -0.384. The molecule has 0 saturated carbocycles. The van der Waals surface area contributed by atoms with Crippen molar-refractivity contribution in [2.45, 2.75) is 0 Å². The van der Waals surface area contributed by atoms with Crippen molar-refractivity contribution in [2.75, 3.05) is 0 Å². The van der Waals surface area contributed by atoms with Crippen LogP contribution in [-0.4, -0.2) is 30.8 Å². The Labute approximate surface area is 129 Å². The van der Waals surface area contributed by atoms with Gasteiger partial charge in [0.1, 0.15) is 5.69 Å². The molecule has 8 nitrogen and oxygen atoms in total. The average Bonchev–Trinajstić information content (AvgIpc) is 3.01. The molecule has 3 rings (SSSR count). The van der Waals surface area contributed by atoms with E-state index in [2.05, 4.69) is 10.1 Å². The van der Waals surface area contributed by atoms with Gasteiger partial charge in [0.25, 0.3) is 5.69 Å². The molecule has 1 aromatic carbocycles. The van der Waals surface area contributed by atoms with E-state index in [0.29, 0.717) is 11.4 Å². The van der Waals surface area contributed by atoms with E-state index in [0.717, 1.165) is 0 Å². The fraction of sp³-hybridized carbons (Fsp3) is 0. The van der Waals surface area contributed by atoms with Crippen LogP contribution in [0.5, 0.6) is 0 Å². The first-order valence-corrected chi connectivity index (χ1v) is 6.56. The highest BCUT2D eigenvalue weighted by Gasteiger charge is 2.22. The number of carboxylic acid groups (broad SMARTS) is 1. The predicted octanol–water partition coefficient (Wildman–Crippen LogP) is 2.54. The first-order chi connectivity index (χ1) is 11.1. The maximum atomic E-state index is 11.2. The summed E-state index contributed by atoms with van der Waals surface area (Å²) in [6.45, 7) is 0. The number of nitro benzene ring substituents is 1. The van der Waals surface area contributed by atoms with Crippen LogP contribution in [0.4, 0.5) is 5.69 Å². The quantitative estimate of drug-likeness (QED) is 0.585. The minimum absolute atomic E-state index is 0.172. The van der Waals surface area contributed by atoms with E-state index in [-0.39, 0.29) is 17.1 Å². The maximum Gasteiger partial charge on any atom is 0.356 e. The molecule has 2 aromatic heterocycles. The van der Waals surface area contributed by atoms with Crippen LogP contribution >= 0.6 is 0 Å². The van der Waals surface area contributed by atoms with Gasteiger partial charge in [0.2, 0.25) is 0 Å².